The summed E-state index contributed by atoms with van der Waals surface area (Å²) in [4.78, 5) is 0. The summed E-state index contributed by atoms with van der Waals surface area (Å²) < 4.78 is 5.24. The van der Waals surface area contributed by atoms with Crippen molar-refractivity contribution < 1.29 is 4.42 Å². The summed E-state index contributed by atoms with van der Waals surface area (Å²) in [5.41, 5.74) is 6.93. The van der Waals surface area contributed by atoms with Gasteiger partial charge in [0.15, 0.2) is 0 Å². The molecule has 0 fully saturated rings. The highest BCUT2D eigenvalue weighted by molar-refractivity contribution is 5.25. The second-order valence-corrected chi connectivity index (χ2v) is 4.05. The van der Waals surface area contributed by atoms with Gasteiger partial charge in [-0.05, 0) is 36.6 Å². The Kier molecular flexibility index (Phi) is 3.97. The van der Waals surface area contributed by atoms with Crippen molar-refractivity contribution in [1.29, 1.82) is 0 Å². The average molecular weight is 218 g/mol. The topological polar surface area (TPSA) is 51.2 Å². The van der Waals surface area contributed by atoms with E-state index in [0.717, 1.165) is 31.8 Å². The molecular formula is C13H18N2O. The minimum atomic E-state index is 0.522. The summed E-state index contributed by atoms with van der Waals surface area (Å²) in [5.74, 6) is 1.49. The number of rotatable bonds is 5. The molecule has 3 heteroatoms. The fraction of sp³-hybridized carbons (Fsp3) is 0.385. The fourth-order valence-electron chi connectivity index (χ4n) is 1.76. The molecule has 0 saturated heterocycles. The molecule has 0 spiro atoms. The number of hydrogen-bond acceptors (Lipinski definition) is 3. The number of allylic oxidation sites excluding steroid dienone is 1. The van der Waals surface area contributed by atoms with Crippen LogP contribution in [-0.2, 0) is 6.54 Å². The van der Waals surface area contributed by atoms with Gasteiger partial charge in [0.2, 0.25) is 0 Å². The smallest absolute Gasteiger partial charge is 0.117 e. The van der Waals surface area contributed by atoms with Crippen molar-refractivity contribution in [3.05, 3.63) is 48.0 Å². The van der Waals surface area contributed by atoms with Gasteiger partial charge in [-0.25, -0.2) is 0 Å². The van der Waals surface area contributed by atoms with Crippen LogP contribution in [-0.4, -0.2) is 13.1 Å². The lowest BCUT2D eigenvalue weighted by Crippen LogP contribution is -2.18. The van der Waals surface area contributed by atoms with E-state index in [1.807, 2.05) is 12.1 Å². The first-order valence-electron chi connectivity index (χ1n) is 5.69. The summed E-state index contributed by atoms with van der Waals surface area (Å²) in [7, 11) is 0. The van der Waals surface area contributed by atoms with E-state index in [9.17, 15) is 0 Å². The van der Waals surface area contributed by atoms with Gasteiger partial charge in [-0.15, -0.1) is 0 Å². The monoisotopic (exact) mass is 218 g/mol. The maximum atomic E-state index is 5.60. The molecule has 0 aromatic carbocycles. The van der Waals surface area contributed by atoms with Gasteiger partial charge in [0, 0.05) is 6.54 Å². The zero-order chi connectivity index (χ0) is 11.2. The van der Waals surface area contributed by atoms with Crippen molar-refractivity contribution >= 4 is 0 Å². The Bertz CT molecular complexity index is 365. The molecular weight excluding hydrogens is 200 g/mol. The molecule has 1 atom stereocenters. The predicted octanol–water partition coefficient (Wildman–Crippen LogP) is 1.83. The summed E-state index contributed by atoms with van der Waals surface area (Å²) in [6.45, 7) is 2.40. The molecule has 1 aromatic rings. The van der Waals surface area contributed by atoms with Gasteiger partial charge >= 0.3 is 0 Å². The highest BCUT2D eigenvalue weighted by Crippen LogP contribution is 2.14. The summed E-state index contributed by atoms with van der Waals surface area (Å²) in [5, 5.41) is 3.35. The zero-order valence-electron chi connectivity index (χ0n) is 9.36. The lowest BCUT2D eigenvalue weighted by Gasteiger charge is -2.14. The van der Waals surface area contributed by atoms with Crippen molar-refractivity contribution in [3.8, 4) is 0 Å². The lowest BCUT2D eigenvalue weighted by molar-refractivity contribution is 0.489. The Labute approximate surface area is 96.0 Å². The van der Waals surface area contributed by atoms with Gasteiger partial charge in [-0.3, -0.25) is 0 Å². The van der Waals surface area contributed by atoms with Crippen molar-refractivity contribution in [3.63, 3.8) is 0 Å². The molecule has 0 bridgehead atoms. The van der Waals surface area contributed by atoms with Gasteiger partial charge in [-0.2, -0.15) is 0 Å². The number of nitrogens with one attached hydrogen (secondary N) is 1. The second kappa shape index (κ2) is 5.68. The van der Waals surface area contributed by atoms with Gasteiger partial charge in [0.1, 0.15) is 5.76 Å². The third-order valence-corrected chi connectivity index (χ3v) is 2.78. The third-order valence-electron chi connectivity index (χ3n) is 2.78. The van der Waals surface area contributed by atoms with Gasteiger partial charge < -0.3 is 15.5 Å². The highest BCUT2D eigenvalue weighted by Gasteiger charge is 2.06. The van der Waals surface area contributed by atoms with E-state index in [1.165, 1.54) is 5.57 Å². The molecule has 1 heterocycles. The van der Waals surface area contributed by atoms with Gasteiger partial charge in [0.05, 0.1) is 12.8 Å². The van der Waals surface area contributed by atoms with Crippen LogP contribution in [0.5, 0.6) is 0 Å². The number of hydrogen-bond donors (Lipinski definition) is 2. The van der Waals surface area contributed by atoms with Crippen molar-refractivity contribution in [2.24, 2.45) is 11.7 Å². The minimum Gasteiger partial charge on any atom is -0.468 e. The average Bonchev–Trinajstić information content (AvgIpc) is 2.83. The molecule has 1 unspecified atom stereocenters. The first-order chi connectivity index (χ1) is 7.88. The van der Waals surface area contributed by atoms with Crippen LogP contribution in [0.3, 0.4) is 0 Å². The summed E-state index contributed by atoms with van der Waals surface area (Å²) in [6.07, 6.45) is 9.38. The Morgan fingerprint density at radius 3 is 3.00 bits per heavy atom. The van der Waals surface area contributed by atoms with Crippen LogP contribution in [0.4, 0.5) is 0 Å². The zero-order valence-corrected chi connectivity index (χ0v) is 9.36. The van der Waals surface area contributed by atoms with Crippen LogP contribution in [0.1, 0.15) is 12.2 Å². The predicted molar refractivity (Wildman–Crippen MR) is 64.8 cm³/mol. The first-order valence-corrected chi connectivity index (χ1v) is 5.69. The largest absolute Gasteiger partial charge is 0.468 e. The van der Waals surface area contributed by atoms with E-state index >= 15 is 0 Å². The molecule has 0 aliphatic heterocycles. The molecule has 1 aliphatic rings. The van der Waals surface area contributed by atoms with Crippen molar-refractivity contribution in [2.45, 2.75) is 13.0 Å². The minimum absolute atomic E-state index is 0.522. The normalized spacial score (nSPS) is 19.8. The molecule has 2 rings (SSSR count). The maximum absolute atomic E-state index is 5.60. The van der Waals surface area contributed by atoms with Crippen LogP contribution in [0.2, 0.25) is 0 Å². The third kappa shape index (κ3) is 3.08. The van der Waals surface area contributed by atoms with Crippen LogP contribution in [0.25, 0.3) is 0 Å². The van der Waals surface area contributed by atoms with Crippen LogP contribution >= 0.6 is 0 Å². The molecule has 0 saturated carbocycles. The fourth-order valence-corrected chi connectivity index (χ4v) is 1.76. The molecule has 86 valence electrons. The SMILES string of the molecule is NCC1C=CC(CNCc2ccco2)=CC1. The van der Waals surface area contributed by atoms with E-state index in [2.05, 4.69) is 23.5 Å². The van der Waals surface area contributed by atoms with Gasteiger partial charge in [-0.1, -0.05) is 18.2 Å². The number of furan rings is 1. The van der Waals surface area contributed by atoms with E-state index in [4.69, 9.17) is 10.2 Å². The molecule has 3 nitrogen and oxygen atoms in total. The van der Waals surface area contributed by atoms with E-state index in [1.54, 1.807) is 6.26 Å². The summed E-state index contributed by atoms with van der Waals surface area (Å²) in [6, 6.07) is 3.88. The maximum Gasteiger partial charge on any atom is 0.117 e. The van der Waals surface area contributed by atoms with Crippen LogP contribution in [0.15, 0.2) is 46.6 Å². The molecule has 16 heavy (non-hydrogen) atoms. The highest BCUT2D eigenvalue weighted by atomic mass is 16.3. The quantitative estimate of drug-likeness (QED) is 0.792. The van der Waals surface area contributed by atoms with Crippen molar-refractivity contribution in [1.82, 2.24) is 5.32 Å². The summed E-state index contributed by atoms with van der Waals surface area (Å²) >= 11 is 0. The van der Waals surface area contributed by atoms with Crippen molar-refractivity contribution in [2.75, 3.05) is 13.1 Å². The first kappa shape index (κ1) is 11.2. The van der Waals surface area contributed by atoms with Crippen LogP contribution < -0.4 is 11.1 Å². The standard InChI is InChI=1S/C13H18N2O/c14-8-11-3-5-12(6-4-11)9-15-10-13-2-1-7-16-13/h1-3,5-7,11,15H,4,8-10,14H2. The second-order valence-electron chi connectivity index (χ2n) is 4.05. The van der Waals surface area contributed by atoms with Crippen LogP contribution in [0, 0.1) is 5.92 Å². The molecule has 1 aromatic heterocycles. The van der Waals surface area contributed by atoms with E-state index in [-0.39, 0.29) is 0 Å². The Hall–Kier alpha value is -1.32. The Balaban J connectivity index is 1.71. The lowest BCUT2D eigenvalue weighted by atomic mass is 9.97. The Morgan fingerprint density at radius 1 is 1.44 bits per heavy atom. The Morgan fingerprint density at radius 2 is 2.38 bits per heavy atom. The molecule has 0 radical (unpaired) electrons. The number of nitrogens with two attached hydrogens (primary N) is 1. The molecule has 1 aliphatic carbocycles. The van der Waals surface area contributed by atoms with E-state index in [0.29, 0.717) is 5.92 Å². The molecule has 3 N–H and O–H groups in total. The van der Waals surface area contributed by atoms with Gasteiger partial charge in [0.25, 0.3) is 0 Å². The molecule has 0 amide bonds. The van der Waals surface area contributed by atoms with E-state index < -0.39 is 0 Å².